The second-order valence-electron chi connectivity index (χ2n) is 4.52. The van der Waals surface area contributed by atoms with Gasteiger partial charge in [-0.3, -0.25) is 4.79 Å². The molecule has 1 aromatic rings. The molecule has 1 saturated heterocycles. The summed E-state index contributed by atoms with van der Waals surface area (Å²) in [5.74, 6) is 0. The fourth-order valence-corrected chi connectivity index (χ4v) is 2.71. The van der Waals surface area contributed by atoms with Crippen molar-refractivity contribution in [3.63, 3.8) is 0 Å². The number of hydrogen-bond donors (Lipinski definition) is 1. The Kier molecular flexibility index (Phi) is 5.46. The Bertz CT molecular complexity index is 504. The number of nitrogens with one attached hydrogen (secondary N) is 1. The molecule has 1 amide bonds. The molecule has 1 aromatic carbocycles. The zero-order valence-corrected chi connectivity index (χ0v) is 13.1. The Hall–Kier alpha value is -1.04. The fraction of sp³-hybridized carbons (Fsp3) is 0.385. The number of rotatable bonds is 3. The smallest absolute Gasteiger partial charge is 0.209 e. The van der Waals surface area contributed by atoms with Gasteiger partial charge >= 0.3 is 0 Å². The largest absolute Gasteiger partial charge is 0.358 e. The van der Waals surface area contributed by atoms with Crippen LogP contribution >= 0.6 is 35.4 Å². The molecule has 0 saturated carbocycles. The molecule has 1 aliphatic rings. The van der Waals surface area contributed by atoms with Crippen LogP contribution in [0, 0.1) is 0 Å². The van der Waals surface area contributed by atoms with Crippen LogP contribution in [0.25, 0.3) is 0 Å². The maximum Gasteiger partial charge on any atom is 0.209 e. The highest BCUT2D eigenvalue weighted by atomic mass is 35.5. The van der Waals surface area contributed by atoms with Crippen molar-refractivity contribution >= 4 is 46.9 Å². The predicted molar refractivity (Wildman–Crippen MR) is 85.1 cm³/mol. The van der Waals surface area contributed by atoms with Crippen LogP contribution in [-0.4, -0.2) is 47.5 Å². The third-order valence-corrected chi connectivity index (χ3v) is 4.19. The summed E-state index contributed by atoms with van der Waals surface area (Å²) < 4.78 is 0. The van der Waals surface area contributed by atoms with Gasteiger partial charge in [0, 0.05) is 42.8 Å². The molecule has 0 radical (unpaired) electrons. The topological polar surface area (TPSA) is 35.6 Å². The summed E-state index contributed by atoms with van der Waals surface area (Å²) in [6.45, 7) is 3.46. The average molecular weight is 332 g/mol. The molecule has 0 unspecified atom stereocenters. The molecule has 0 aromatic heterocycles. The lowest BCUT2D eigenvalue weighted by molar-refractivity contribution is -0.119. The summed E-state index contributed by atoms with van der Waals surface area (Å²) in [6, 6.07) is 5.40. The molecule has 1 aliphatic heterocycles. The number of carbonyl (C=O) groups is 1. The minimum Gasteiger partial charge on any atom is -0.358 e. The van der Waals surface area contributed by atoms with Crippen molar-refractivity contribution in [3.8, 4) is 0 Å². The molecular formula is C13H15Cl2N3OS. The normalized spacial score (nSPS) is 15.1. The molecule has 1 fully saturated rings. The van der Waals surface area contributed by atoms with Gasteiger partial charge in [-0.05, 0) is 29.9 Å². The van der Waals surface area contributed by atoms with Crippen LogP contribution in [0.15, 0.2) is 18.2 Å². The number of amides is 1. The van der Waals surface area contributed by atoms with Crippen LogP contribution in [0.4, 0.5) is 0 Å². The molecule has 1 heterocycles. The summed E-state index contributed by atoms with van der Waals surface area (Å²) in [5, 5.41) is 5.11. The third kappa shape index (κ3) is 3.98. The van der Waals surface area contributed by atoms with Crippen molar-refractivity contribution in [2.45, 2.75) is 6.54 Å². The molecule has 20 heavy (non-hydrogen) atoms. The van der Waals surface area contributed by atoms with Crippen molar-refractivity contribution in [3.05, 3.63) is 33.8 Å². The standard InChI is InChI=1S/C13H15Cl2N3OS/c14-11-2-1-10(12(15)7-11)8-16-13(20)18-5-3-17(9-19)4-6-18/h1-2,7,9H,3-6,8H2,(H,16,20). The molecule has 0 spiro atoms. The quantitative estimate of drug-likeness (QED) is 0.680. The van der Waals surface area contributed by atoms with E-state index in [0.29, 0.717) is 34.8 Å². The van der Waals surface area contributed by atoms with Crippen molar-refractivity contribution < 1.29 is 4.79 Å². The van der Waals surface area contributed by atoms with E-state index in [1.807, 2.05) is 6.07 Å². The lowest BCUT2D eigenvalue weighted by Gasteiger charge is -2.34. The van der Waals surface area contributed by atoms with Crippen LogP contribution in [0.3, 0.4) is 0 Å². The van der Waals surface area contributed by atoms with Crippen molar-refractivity contribution in [1.82, 2.24) is 15.1 Å². The zero-order chi connectivity index (χ0) is 14.5. The average Bonchev–Trinajstić information content (AvgIpc) is 2.46. The van der Waals surface area contributed by atoms with E-state index in [2.05, 4.69) is 10.2 Å². The predicted octanol–water partition coefficient (Wildman–Crippen LogP) is 2.14. The van der Waals surface area contributed by atoms with Crippen LogP contribution in [0.1, 0.15) is 5.56 Å². The molecule has 2 rings (SSSR count). The van der Waals surface area contributed by atoms with E-state index in [-0.39, 0.29) is 0 Å². The second kappa shape index (κ2) is 7.11. The van der Waals surface area contributed by atoms with Gasteiger partial charge in [0.1, 0.15) is 0 Å². The Morgan fingerprint density at radius 2 is 2.00 bits per heavy atom. The monoisotopic (exact) mass is 331 g/mol. The Morgan fingerprint density at radius 1 is 1.30 bits per heavy atom. The van der Waals surface area contributed by atoms with Crippen molar-refractivity contribution in [2.75, 3.05) is 26.2 Å². The summed E-state index contributed by atoms with van der Waals surface area (Å²) in [4.78, 5) is 14.4. The lowest BCUT2D eigenvalue weighted by atomic mass is 10.2. The third-order valence-electron chi connectivity index (χ3n) is 3.20. The number of nitrogens with zero attached hydrogens (tertiary/aromatic N) is 2. The molecule has 0 bridgehead atoms. The minimum atomic E-state index is 0.558. The Labute approximate surface area is 133 Å². The van der Waals surface area contributed by atoms with E-state index in [1.54, 1.807) is 17.0 Å². The van der Waals surface area contributed by atoms with Gasteiger partial charge in [-0.2, -0.15) is 0 Å². The molecule has 0 aliphatic carbocycles. The molecule has 108 valence electrons. The highest BCUT2D eigenvalue weighted by Gasteiger charge is 2.17. The maximum absolute atomic E-state index is 10.6. The second-order valence-corrected chi connectivity index (χ2v) is 5.75. The van der Waals surface area contributed by atoms with E-state index < -0.39 is 0 Å². The van der Waals surface area contributed by atoms with Crippen molar-refractivity contribution in [2.24, 2.45) is 0 Å². The fourth-order valence-electron chi connectivity index (χ4n) is 1.98. The molecule has 4 nitrogen and oxygen atoms in total. The number of halogens is 2. The van der Waals surface area contributed by atoms with Crippen molar-refractivity contribution in [1.29, 1.82) is 0 Å². The van der Waals surface area contributed by atoms with Crippen LogP contribution < -0.4 is 5.32 Å². The minimum absolute atomic E-state index is 0.558. The first-order valence-electron chi connectivity index (χ1n) is 6.26. The molecular weight excluding hydrogens is 317 g/mol. The van der Waals surface area contributed by atoms with E-state index in [0.717, 1.165) is 25.1 Å². The highest BCUT2D eigenvalue weighted by molar-refractivity contribution is 7.80. The van der Waals surface area contributed by atoms with Crippen LogP contribution in [-0.2, 0) is 11.3 Å². The first-order chi connectivity index (χ1) is 9.60. The van der Waals surface area contributed by atoms with E-state index in [4.69, 9.17) is 35.4 Å². The number of benzene rings is 1. The van der Waals surface area contributed by atoms with Gasteiger partial charge < -0.3 is 15.1 Å². The Balaban J connectivity index is 1.85. The molecule has 0 atom stereocenters. The van der Waals surface area contributed by atoms with Gasteiger partial charge in [0.25, 0.3) is 0 Å². The van der Waals surface area contributed by atoms with Crippen LogP contribution in [0.2, 0.25) is 10.0 Å². The van der Waals surface area contributed by atoms with Gasteiger partial charge in [-0.25, -0.2) is 0 Å². The van der Waals surface area contributed by atoms with Gasteiger partial charge in [-0.15, -0.1) is 0 Å². The Morgan fingerprint density at radius 3 is 2.60 bits per heavy atom. The molecule has 1 N–H and O–H groups in total. The van der Waals surface area contributed by atoms with Gasteiger partial charge in [0.05, 0.1) is 0 Å². The highest BCUT2D eigenvalue weighted by Crippen LogP contribution is 2.20. The van der Waals surface area contributed by atoms with Gasteiger partial charge in [0.15, 0.2) is 5.11 Å². The van der Waals surface area contributed by atoms with E-state index in [1.165, 1.54) is 0 Å². The lowest BCUT2D eigenvalue weighted by Crippen LogP contribution is -2.51. The summed E-state index contributed by atoms with van der Waals surface area (Å²) in [5.41, 5.74) is 0.949. The van der Waals surface area contributed by atoms with Gasteiger partial charge in [0.2, 0.25) is 6.41 Å². The van der Waals surface area contributed by atoms with Crippen LogP contribution in [0.5, 0.6) is 0 Å². The zero-order valence-electron chi connectivity index (χ0n) is 10.8. The first-order valence-corrected chi connectivity index (χ1v) is 7.42. The SMILES string of the molecule is O=CN1CCN(C(=S)NCc2ccc(Cl)cc2Cl)CC1. The van der Waals surface area contributed by atoms with Gasteiger partial charge in [-0.1, -0.05) is 29.3 Å². The summed E-state index contributed by atoms with van der Waals surface area (Å²) >= 11 is 17.3. The maximum atomic E-state index is 10.6. The van der Waals surface area contributed by atoms with E-state index >= 15 is 0 Å². The number of piperazine rings is 1. The first kappa shape index (κ1) is 15.4. The summed E-state index contributed by atoms with van der Waals surface area (Å²) in [6.07, 6.45) is 0.876. The van der Waals surface area contributed by atoms with E-state index in [9.17, 15) is 4.79 Å². The number of carbonyl (C=O) groups excluding carboxylic acids is 1. The summed E-state index contributed by atoms with van der Waals surface area (Å²) in [7, 11) is 0. The number of hydrogen-bond acceptors (Lipinski definition) is 2. The molecule has 7 heteroatoms. The number of thiocarbonyl (C=S) groups is 1.